The molecule has 0 fully saturated rings. The normalized spacial score (nSPS) is 10.5. The molecule has 4 nitrogen and oxygen atoms in total. The lowest BCUT2D eigenvalue weighted by atomic mass is 10.2. The maximum atomic E-state index is 11.4. The zero-order chi connectivity index (χ0) is 14.8. The Bertz CT molecular complexity index is 486. The molecule has 1 amide bonds. The van der Waals surface area contributed by atoms with Gasteiger partial charge in [-0.1, -0.05) is 41.4 Å². The van der Waals surface area contributed by atoms with Gasteiger partial charge in [-0.15, -0.1) is 0 Å². The Labute approximate surface area is 127 Å². The van der Waals surface area contributed by atoms with Crippen LogP contribution in [0.1, 0.15) is 25.3 Å². The molecule has 0 unspecified atom stereocenters. The van der Waals surface area contributed by atoms with E-state index in [0.29, 0.717) is 6.54 Å². The summed E-state index contributed by atoms with van der Waals surface area (Å²) in [5.74, 6) is -0.807. The zero-order valence-electron chi connectivity index (χ0n) is 11.4. The van der Waals surface area contributed by atoms with Gasteiger partial charge in [-0.3, -0.25) is 4.79 Å². The molecule has 1 N–H and O–H groups in total. The van der Waals surface area contributed by atoms with Gasteiger partial charge in [0.2, 0.25) is 0 Å². The molecule has 5 heteroatoms. The Kier molecular flexibility index (Phi) is 7.65. The van der Waals surface area contributed by atoms with Crippen LogP contribution < -0.4 is 5.32 Å². The minimum atomic E-state index is -0.532. The van der Waals surface area contributed by atoms with Crippen molar-refractivity contribution in [2.75, 3.05) is 13.2 Å². The van der Waals surface area contributed by atoms with Gasteiger partial charge in [0.15, 0.2) is 6.61 Å². The molecule has 1 aromatic carbocycles. The van der Waals surface area contributed by atoms with Crippen molar-refractivity contribution in [3.63, 3.8) is 0 Å². The number of amides is 1. The highest BCUT2D eigenvalue weighted by Crippen LogP contribution is 2.12. The molecule has 0 spiro atoms. The molecular weight excluding hydrogens is 322 g/mol. The number of hydrogen-bond donors (Lipinski definition) is 1. The fourth-order valence-corrected chi connectivity index (χ4v) is 1.83. The fraction of sp³-hybridized carbons (Fsp3) is 0.333. The molecule has 1 aromatic rings. The molecule has 1 rings (SSSR count). The van der Waals surface area contributed by atoms with E-state index in [1.54, 1.807) is 6.08 Å². The molecule has 20 heavy (non-hydrogen) atoms. The van der Waals surface area contributed by atoms with Crippen molar-refractivity contribution < 1.29 is 14.3 Å². The monoisotopic (exact) mass is 339 g/mol. The number of carbonyl (C=O) groups is 2. The van der Waals surface area contributed by atoms with E-state index in [9.17, 15) is 9.59 Å². The van der Waals surface area contributed by atoms with Crippen LogP contribution in [0.4, 0.5) is 0 Å². The summed E-state index contributed by atoms with van der Waals surface area (Å²) in [7, 11) is 0. The summed E-state index contributed by atoms with van der Waals surface area (Å²) < 4.78 is 5.77. The molecule has 0 saturated carbocycles. The van der Waals surface area contributed by atoms with E-state index >= 15 is 0 Å². The number of unbranched alkanes of at least 4 members (excludes halogenated alkanes) is 1. The van der Waals surface area contributed by atoms with E-state index in [1.807, 2.05) is 31.2 Å². The highest BCUT2D eigenvalue weighted by Gasteiger charge is 2.03. The average molecular weight is 340 g/mol. The second kappa shape index (κ2) is 9.31. The number of carbonyl (C=O) groups excluding carboxylic acids is 2. The second-order valence-electron chi connectivity index (χ2n) is 4.20. The number of benzene rings is 1. The molecule has 0 bridgehead atoms. The van der Waals surface area contributed by atoms with Crippen molar-refractivity contribution in [2.45, 2.75) is 19.8 Å². The van der Waals surface area contributed by atoms with Gasteiger partial charge in [0, 0.05) is 17.1 Å². The van der Waals surface area contributed by atoms with Crippen molar-refractivity contribution in [2.24, 2.45) is 0 Å². The van der Waals surface area contributed by atoms with Gasteiger partial charge in [-0.05, 0) is 30.2 Å². The number of halogens is 1. The first-order valence-electron chi connectivity index (χ1n) is 6.49. The molecule has 0 saturated heterocycles. The standard InChI is InChI=1S/C15H18BrNO3/c1-2-3-9-17-14(18)11-20-15(19)8-7-12-5-4-6-13(16)10-12/h4-8,10H,2-3,9,11H2,1H3,(H,17,18)/b8-7+. The summed E-state index contributed by atoms with van der Waals surface area (Å²) in [6, 6.07) is 7.51. The van der Waals surface area contributed by atoms with Gasteiger partial charge >= 0.3 is 5.97 Å². The minimum Gasteiger partial charge on any atom is -0.452 e. The van der Waals surface area contributed by atoms with Crippen LogP contribution in [0.25, 0.3) is 6.08 Å². The molecule has 108 valence electrons. The molecule has 0 aliphatic heterocycles. The van der Waals surface area contributed by atoms with Crippen molar-refractivity contribution in [1.29, 1.82) is 0 Å². The topological polar surface area (TPSA) is 55.4 Å². The van der Waals surface area contributed by atoms with Crippen LogP contribution in [0.3, 0.4) is 0 Å². The van der Waals surface area contributed by atoms with Gasteiger partial charge < -0.3 is 10.1 Å². The molecular formula is C15H18BrNO3. The lowest BCUT2D eigenvalue weighted by Crippen LogP contribution is -2.29. The van der Waals surface area contributed by atoms with Crippen LogP contribution in [-0.4, -0.2) is 25.0 Å². The summed E-state index contributed by atoms with van der Waals surface area (Å²) in [5, 5.41) is 2.67. The molecule has 0 aromatic heterocycles. The molecule has 0 heterocycles. The lowest BCUT2D eigenvalue weighted by molar-refractivity contribution is -0.143. The number of nitrogens with one attached hydrogen (secondary N) is 1. The van der Waals surface area contributed by atoms with Gasteiger partial charge in [-0.2, -0.15) is 0 Å². The Hall–Kier alpha value is -1.62. The van der Waals surface area contributed by atoms with Gasteiger partial charge in [0.1, 0.15) is 0 Å². The Morgan fingerprint density at radius 3 is 2.90 bits per heavy atom. The number of esters is 1. The Morgan fingerprint density at radius 2 is 2.20 bits per heavy atom. The zero-order valence-corrected chi connectivity index (χ0v) is 13.0. The van der Waals surface area contributed by atoms with Gasteiger partial charge in [0.25, 0.3) is 5.91 Å². The summed E-state index contributed by atoms with van der Waals surface area (Å²) in [5.41, 5.74) is 0.878. The van der Waals surface area contributed by atoms with E-state index in [4.69, 9.17) is 4.74 Å². The third-order valence-electron chi connectivity index (χ3n) is 2.46. The Morgan fingerprint density at radius 1 is 1.40 bits per heavy atom. The summed E-state index contributed by atoms with van der Waals surface area (Å²) in [4.78, 5) is 22.8. The third-order valence-corrected chi connectivity index (χ3v) is 2.95. The first-order valence-corrected chi connectivity index (χ1v) is 7.28. The van der Waals surface area contributed by atoms with E-state index < -0.39 is 5.97 Å². The second-order valence-corrected chi connectivity index (χ2v) is 5.12. The highest BCUT2D eigenvalue weighted by molar-refractivity contribution is 9.10. The maximum Gasteiger partial charge on any atom is 0.331 e. The number of rotatable bonds is 7. The van der Waals surface area contributed by atoms with Crippen molar-refractivity contribution >= 4 is 33.9 Å². The van der Waals surface area contributed by atoms with E-state index in [0.717, 1.165) is 22.9 Å². The summed E-state index contributed by atoms with van der Waals surface area (Å²) in [6.07, 6.45) is 4.88. The van der Waals surface area contributed by atoms with Crippen LogP contribution in [0.5, 0.6) is 0 Å². The van der Waals surface area contributed by atoms with Crippen molar-refractivity contribution in [3.05, 3.63) is 40.4 Å². The first kappa shape index (κ1) is 16.4. The molecule has 0 aliphatic carbocycles. The van der Waals surface area contributed by atoms with Crippen LogP contribution in [0.15, 0.2) is 34.8 Å². The van der Waals surface area contributed by atoms with Crippen LogP contribution in [0.2, 0.25) is 0 Å². The first-order chi connectivity index (χ1) is 9.61. The SMILES string of the molecule is CCCCNC(=O)COC(=O)/C=C/c1cccc(Br)c1. The molecule has 0 aliphatic rings. The van der Waals surface area contributed by atoms with Crippen molar-refractivity contribution in [1.82, 2.24) is 5.32 Å². The highest BCUT2D eigenvalue weighted by atomic mass is 79.9. The van der Waals surface area contributed by atoms with Crippen LogP contribution >= 0.6 is 15.9 Å². The quantitative estimate of drug-likeness (QED) is 0.472. The van der Waals surface area contributed by atoms with Crippen LogP contribution in [0, 0.1) is 0 Å². The van der Waals surface area contributed by atoms with Gasteiger partial charge in [0.05, 0.1) is 0 Å². The van der Waals surface area contributed by atoms with E-state index in [1.165, 1.54) is 6.08 Å². The van der Waals surface area contributed by atoms with E-state index in [-0.39, 0.29) is 12.5 Å². The smallest absolute Gasteiger partial charge is 0.331 e. The van der Waals surface area contributed by atoms with Crippen molar-refractivity contribution in [3.8, 4) is 0 Å². The summed E-state index contributed by atoms with van der Waals surface area (Å²) in [6.45, 7) is 2.41. The predicted molar refractivity (Wildman–Crippen MR) is 82.1 cm³/mol. The largest absolute Gasteiger partial charge is 0.452 e. The minimum absolute atomic E-state index is 0.245. The maximum absolute atomic E-state index is 11.4. The fourth-order valence-electron chi connectivity index (χ4n) is 1.41. The number of ether oxygens (including phenoxy) is 1. The van der Waals surface area contributed by atoms with Gasteiger partial charge in [-0.25, -0.2) is 4.79 Å². The summed E-state index contributed by atoms with van der Waals surface area (Å²) >= 11 is 3.35. The Balaban J connectivity index is 2.31. The third kappa shape index (κ3) is 7.09. The average Bonchev–Trinajstić information content (AvgIpc) is 2.43. The lowest BCUT2D eigenvalue weighted by Gasteiger charge is -2.04. The number of hydrogen-bond acceptors (Lipinski definition) is 3. The molecule has 0 radical (unpaired) electrons. The van der Waals surface area contributed by atoms with E-state index in [2.05, 4.69) is 21.2 Å². The van der Waals surface area contributed by atoms with Crippen LogP contribution in [-0.2, 0) is 14.3 Å². The molecule has 0 atom stereocenters. The predicted octanol–water partition coefficient (Wildman–Crippen LogP) is 2.92.